The second-order valence-electron chi connectivity index (χ2n) is 7.01. The van der Waals surface area contributed by atoms with Crippen LogP contribution in [0, 0.1) is 5.92 Å². The molecule has 1 unspecified atom stereocenters. The quantitative estimate of drug-likeness (QED) is 0.793. The molecule has 0 N–H and O–H groups in total. The van der Waals surface area contributed by atoms with Crippen LogP contribution in [0.3, 0.4) is 0 Å². The summed E-state index contributed by atoms with van der Waals surface area (Å²) in [5.74, 6) is 0.269. The van der Waals surface area contributed by atoms with Gasteiger partial charge in [-0.05, 0) is 11.0 Å². The van der Waals surface area contributed by atoms with Gasteiger partial charge >= 0.3 is 0 Å². The SMILES string of the molecule is CC(CN1CCOCC1)C(=O)c1ccc(C(C)(C)C)cc1.Cl. The maximum Gasteiger partial charge on any atom is 0.166 e. The number of ether oxygens (including phenoxy) is 1. The molecule has 0 radical (unpaired) electrons. The molecule has 0 aromatic heterocycles. The predicted molar refractivity (Wildman–Crippen MR) is 93.1 cm³/mol. The summed E-state index contributed by atoms with van der Waals surface area (Å²) in [5, 5.41) is 0. The van der Waals surface area contributed by atoms with Gasteiger partial charge in [-0.3, -0.25) is 9.69 Å². The van der Waals surface area contributed by atoms with Gasteiger partial charge in [-0.15, -0.1) is 12.4 Å². The number of hydrogen-bond acceptors (Lipinski definition) is 3. The van der Waals surface area contributed by atoms with E-state index in [0.29, 0.717) is 0 Å². The first-order valence-corrected chi connectivity index (χ1v) is 7.83. The monoisotopic (exact) mass is 325 g/mol. The van der Waals surface area contributed by atoms with E-state index in [1.165, 1.54) is 5.56 Å². The molecule has 22 heavy (non-hydrogen) atoms. The summed E-state index contributed by atoms with van der Waals surface area (Å²) in [6.45, 7) is 12.8. The first-order chi connectivity index (χ1) is 9.88. The van der Waals surface area contributed by atoms with Gasteiger partial charge in [0.15, 0.2) is 5.78 Å². The molecule has 0 spiro atoms. The van der Waals surface area contributed by atoms with E-state index in [2.05, 4.69) is 37.8 Å². The van der Waals surface area contributed by atoms with Crippen molar-refractivity contribution in [2.24, 2.45) is 5.92 Å². The van der Waals surface area contributed by atoms with Gasteiger partial charge in [0.2, 0.25) is 0 Å². The lowest BCUT2D eigenvalue weighted by molar-refractivity contribution is 0.0313. The van der Waals surface area contributed by atoms with Crippen molar-refractivity contribution in [3.05, 3.63) is 35.4 Å². The van der Waals surface area contributed by atoms with Crippen LogP contribution >= 0.6 is 12.4 Å². The second kappa shape index (κ2) is 8.09. The van der Waals surface area contributed by atoms with Crippen LogP contribution in [0.1, 0.15) is 43.6 Å². The van der Waals surface area contributed by atoms with E-state index in [-0.39, 0.29) is 29.5 Å². The molecule has 2 rings (SSSR count). The van der Waals surface area contributed by atoms with Gasteiger partial charge in [0.05, 0.1) is 13.2 Å². The van der Waals surface area contributed by atoms with E-state index in [0.717, 1.165) is 38.4 Å². The molecule has 0 bridgehead atoms. The molecule has 4 heteroatoms. The lowest BCUT2D eigenvalue weighted by atomic mass is 9.86. The fourth-order valence-electron chi connectivity index (χ4n) is 2.67. The van der Waals surface area contributed by atoms with E-state index in [4.69, 9.17) is 4.74 Å². The number of ketones is 1. The minimum absolute atomic E-state index is 0. The van der Waals surface area contributed by atoms with Gasteiger partial charge in [0, 0.05) is 31.1 Å². The molecule has 0 aliphatic carbocycles. The third-order valence-electron chi connectivity index (χ3n) is 4.12. The molecule has 1 saturated heterocycles. The van der Waals surface area contributed by atoms with E-state index in [1.807, 2.05) is 19.1 Å². The molecule has 0 amide bonds. The van der Waals surface area contributed by atoms with Crippen molar-refractivity contribution in [3.63, 3.8) is 0 Å². The lowest BCUT2D eigenvalue weighted by Crippen LogP contribution is -2.40. The number of Topliss-reactive ketones (excluding diaryl/α,β-unsaturated/α-hetero) is 1. The van der Waals surface area contributed by atoms with Crippen molar-refractivity contribution in [1.82, 2.24) is 4.90 Å². The summed E-state index contributed by atoms with van der Waals surface area (Å²) in [6, 6.07) is 8.10. The van der Waals surface area contributed by atoms with Crippen molar-refractivity contribution in [3.8, 4) is 0 Å². The number of carbonyl (C=O) groups excluding carboxylic acids is 1. The number of carbonyl (C=O) groups is 1. The van der Waals surface area contributed by atoms with Crippen molar-refractivity contribution in [2.45, 2.75) is 33.1 Å². The zero-order valence-corrected chi connectivity index (χ0v) is 14.9. The van der Waals surface area contributed by atoms with Crippen LogP contribution in [0.2, 0.25) is 0 Å². The highest BCUT2D eigenvalue weighted by Crippen LogP contribution is 2.23. The molecule has 1 heterocycles. The lowest BCUT2D eigenvalue weighted by Gasteiger charge is -2.28. The first kappa shape index (κ1) is 19.1. The van der Waals surface area contributed by atoms with Gasteiger partial charge in [-0.1, -0.05) is 52.0 Å². The van der Waals surface area contributed by atoms with Crippen LogP contribution < -0.4 is 0 Å². The fraction of sp³-hybridized carbons (Fsp3) is 0.611. The Morgan fingerprint density at radius 3 is 2.23 bits per heavy atom. The first-order valence-electron chi connectivity index (χ1n) is 7.83. The van der Waals surface area contributed by atoms with Crippen LogP contribution in [0.15, 0.2) is 24.3 Å². The summed E-state index contributed by atoms with van der Waals surface area (Å²) in [6.07, 6.45) is 0. The maximum atomic E-state index is 12.5. The molecule has 0 saturated carbocycles. The number of benzene rings is 1. The van der Waals surface area contributed by atoms with Crippen LogP contribution in [0.5, 0.6) is 0 Å². The van der Waals surface area contributed by atoms with Gasteiger partial charge in [-0.2, -0.15) is 0 Å². The van der Waals surface area contributed by atoms with Crippen LogP contribution in [0.25, 0.3) is 0 Å². The van der Waals surface area contributed by atoms with Gasteiger partial charge in [0.25, 0.3) is 0 Å². The Bertz CT molecular complexity index is 473. The molecular formula is C18H28ClNO2. The molecule has 1 aliphatic rings. The zero-order chi connectivity index (χ0) is 15.5. The molecule has 1 atom stereocenters. The Balaban J connectivity index is 0.00000242. The average Bonchev–Trinajstić information content (AvgIpc) is 2.46. The van der Waals surface area contributed by atoms with E-state index in [9.17, 15) is 4.79 Å². The predicted octanol–water partition coefficient (Wildman–Crippen LogP) is 3.56. The smallest absolute Gasteiger partial charge is 0.166 e. The highest BCUT2D eigenvalue weighted by molar-refractivity contribution is 5.97. The van der Waals surface area contributed by atoms with E-state index in [1.54, 1.807) is 0 Å². The third-order valence-corrected chi connectivity index (χ3v) is 4.12. The highest BCUT2D eigenvalue weighted by Gasteiger charge is 2.21. The van der Waals surface area contributed by atoms with Crippen molar-refractivity contribution in [1.29, 1.82) is 0 Å². The molecule has 1 fully saturated rings. The fourth-order valence-corrected chi connectivity index (χ4v) is 2.67. The summed E-state index contributed by atoms with van der Waals surface area (Å²) < 4.78 is 5.34. The number of hydrogen-bond donors (Lipinski definition) is 0. The third kappa shape index (κ3) is 5.08. The summed E-state index contributed by atoms with van der Waals surface area (Å²) in [5.41, 5.74) is 2.21. The Morgan fingerprint density at radius 1 is 1.18 bits per heavy atom. The number of rotatable bonds is 4. The van der Waals surface area contributed by atoms with Crippen molar-refractivity contribution < 1.29 is 9.53 Å². The molecular weight excluding hydrogens is 298 g/mol. The highest BCUT2D eigenvalue weighted by atomic mass is 35.5. The number of morpholine rings is 1. The molecule has 1 aliphatic heterocycles. The maximum absolute atomic E-state index is 12.5. The van der Waals surface area contributed by atoms with Crippen molar-refractivity contribution in [2.75, 3.05) is 32.8 Å². The second-order valence-corrected chi connectivity index (χ2v) is 7.01. The standard InChI is InChI=1S/C18H27NO2.ClH/c1-14(13-19-9-11-21-12-10-19)17(20)15-5-7-16(8-6-15)18(2,3)4;/h5-8,14H,9-13H2,1-4H3;1H. The molecule has 3 nitrogen and oxygen atoms in total. The minimum Gasteiger partial charge on any atom is -0.379 e. The number of halogens is 1. The Kier molecular flexibility index (Phi) is 7.04. The molecule has 1 aromatic rings. The van der Waals surface area contributed by atoms with Gasteiger partial charge < -0.3 is 4.74 Å². The topological polar surface area (TPSA) is 29.5 Å². The summed E-state index contributed by atoms with van der Waals surface area (Å²) in [7, 11) is 0. The van der Waals surface area contributed by atoms with E-state index >= 15 is 0 Å². The summed E-state index contributed by atoms with van der Waals surface area (Å²) in [4.78, 5) is 14.8. The average molecular weight is 326 g/mol. The normalized spacial score (nSPS) is 17.6. The summed E-state index contributed by atoms with van der Waals surface area (Å²) >= 11 is 0. The van der Waals surface area contributed by atoms with Crippen molar-refractivity contribution >= 4 is 18.2 Å². The minimum atomic E-state index is 0. The van der Waals surface area contributed by atoms with Crippen LogP contribution in [-0.4, -0.2) is 43.5 Å². The molecule has 1 aromatic carbocycles. The van der Waals surface area contributed by atoms with Gasteiger partial charge in [-0.25, -0.2) is 0 Å². The zero-order valence-electron chi connectivity index (χ0n) is 14.1. The van der Waals surface area contributed by atoms with Gasteiger partial charge in [0.1, 0.15) is 0 Å². The Labute approximate surface area is 140 Å². The Hall–Kier alpha value is -0.900. The largest absolute Gasteiger partial charge is 0.379 e. The van der Waals surface area contributed by atoms with E-state index < -0.39 is 0 Å². The van der Waals surface area contributed by atoms with Crippen LogP contribution in [-0.2, 0) is 10.2 Å². The number of nitrogens with zero attached hydrogens (tertiary/aromatic N) is 1. The Morgan fingerprint density at radius 2 is 1.73 bits per heavy atom. The molecule has 124 valence electrons. The van der Waals surface area contributed by atoms with Crippen LogP contribution in [0.4, 0.5) is 0 Å².